The third-order valence-electron chi connectivity index (χ3n) is 3.82. The van der Waals surface area contributed by atoms with Gasteiger partial charge < -0.3 is 5.32 Å². The summed E-state index contributed by atoms with van der Waals surface area (Å²) in [5, 5.41) is 4.57. The van der Waals surface area contributed by atoms with Crippen LogP contribution in [-0.2, 0) is 11.8 Å². The molecule has 1 aromatic heterocycles. The molecule has 3 nitrogen and oxygen atoms in total. The normalized spacial score (nSPS) is 11.6. The average molecular weight is 305 g/mol. The van der Waals surface area contributed by atoms with E-state index in [1.54, 1.807) is 0 Å². The highest BCUT2D eigenvalue weighted by Gasteiger charge is 2.19. The first-order chi connectivity index (χ1) is 11.0. The molecular weight excluding hydrogens is 282 g/mol. The second-order valence-electron chi connectivity index (χ2n) is 6.83. The van der Waals surface area contributed by atoms with Crippen LogP contribution in [0.25, 0.3) is 10.9 Å². The summed E-state index contributed by atoms with van der Waals surface area (Å²) < 4.78 is 0. The van der Waals surface area contributed by atoms with E-state index in [2.05, 4.69) is 62.5 Å². The number of nitrogens with one attached hydrogen (secondary N) is 1. The Balaban J connectivity index is 1.86. The van der Waals surface area contributed by atoms with Crippen molar-refractivity contribution in [2.75, 3.05) is 11.9 Å². The molecule has 0 aliphatic rings. The molecule has 23 heavy (non-hydrogen) atoms. The highest BCUT2D eigenvalue weighted by atomic mass is 15.0. The van der Waals surface area contributed by atoms with E-state index in [1.165, 1.54) is 5.56 Å². The van der Waals surface area contributed by atoms with Crippen molar-refractivity contribution in [3.05, 3.63) is 66.0 Å². The molecule has 0 atom stereocenters. The van der Waals surface area contributed by atoms with Crippen molar-refractivity contribution in [1.29, 1.82) is 0 Å². The Hall–Kier alpha value is -2.42. The van der Waals surface area contributed by atoms with Crippen LogP contribution in [0.3, 0.4) is 0 Å². The molecule has 3 rings (SSSR count). The van der Waals surface area contributed by atoms with Crippen molar-refractivity contribution in [2.45, 2.75) is 32.6 Å². The first-order valence-electron chi connectivity index (χ1n) is 8.09. The first kappa shape index (κ1) is 15.5. The third kappa shape index (κ3) is 3.67. The topological polar surface area (TPSA) is 37.8 Å². The standard InChI is InChI=1S/C20H23N3/c1-20(2,3)19-22-17-12-8-7-11-16(17)18(23-19)21-14-13-15-9-5-4-6-10-15/h4-12H,13-14H2,1-3H3,(H,21,22,23). The van der Waals surface area contributed by atoms with E-state index in [1.807, 2.05) is 18.2 Å². The number of hydrogen-bond acceptors (Lipinski definition) is 3. The number of benzene rings is 2. The molecule has 0 spiro atoms. The van der Waals surface area contributed by atoms with Crippen molar-refractivity contribution in [2.24, 2.45) is 0 Å². The Kier molecular flexibility index (Phi) is 4.28. The maximum Gasteiger partial charge on any atom is 0.137 e. The van der Waals surface area contributed by atoms with Gasteiger partial charge in [-0.2, -0.15) is 0 Å². The predicted octanol–water partition coefficient (Wildman–Crippen LogP) is 4.58. The van der Waals surface area contributed by atoms with Gasteiger partial charge in [-0.15, -0.1) is 0 Å². The SMILES string of the molecule is CC(C)(C)c1nc(NCCc2ccccc2)c2ccccc2n1. The Morgan fingerprint density at radius 3 is 2.30 bits per heavy atom. The lowest BCUT2D eigenvalue weighted by atomic mass is 9.95. The molecule has 3 heteroatoms. The van der Waals surface area contributed by atoms with Crippen LogP contribution in [0, 0.1) is 0 Å². The van der Waals surface area contributed by atoms with Gasteiger partial charge in [-0.3, -0.25) is 0 Å². The summed E-state index contributed by atoms with van der Waals surface area (Å²) >= 11 is 0. The third-order valence-corrected chi connectivity index (χ3v) is 3.82. The average Bonchev–Trinajstić information content (AvgIpc) is 2.55. The maximum atomic E-state index is 4.78. The lowest BCUT2D eigenvalue weighted by Crippen LogP contribution is -2.18. The second-order valence-corrected chi connectivity index (χ2v) is 6.83. The molecule has 118 valence electrons. The molecule has 0 saturated heterocycles. The Labute approximate surface area is 137 Å². The summed E-state index contributed by atoms with van der Waals surface area (Å²) in [5.41, 5.74) is 2.25. The number of anilines is 1. The summed E-state index contributed by atoms with van der Waals surface area (Å²) in [6.07, 6.45) is 0.976. The minimum atomic E-state index is -0.0696. The minimum absolute atomic E-state index is 0.0696. The summed E-state index contributed by atoms with van der Waals surface area (Å²) in [4.78, 5) is 9.50. The molecule has 0 amide bonds. The number of aromatic nitrogens is 2. The Bertz CT molecular complexity index is 789. The van der Waals surface area contributed by atoms with E-state index in [0.29, 0.717) is 0 Å². The minimum Gasteiger partial charge on any atom is -0.369 e. The van der Waals surface area contributed by atoms with Gasteiger partial charge in [0, 0.05) is 17.3 Å². The zero-order valence-electron chi connectivity index (χ0n) is 14.0. The molecule has 0 aliphatic carbocycles. The van der Waals surface area contributed by atoms with Crippen LogP contribution in [-0.4, -0.2) is 16.5 Å². The number of hydrogen-bond donors (Lipinski definition) is 1. The maximum absolute atomic E-state index is 4.78. The van der Waals surface area contributed by atoms with E-state index in [-0.39, 0.29) is 5.41 Å². The molecular formula is C20H23N3. The summed E-state index contributed by atoms with van der Waals surface area (Å²) in [6, 6.07) is 18.7. The van der Waals surface area contributed by atoms with Crippen LogP contribution in [0.1, 0.15) is 32.2 Å². The van der Waals surface area contributed by atoms with Crippen molar-refractivity contribution in [3.8, 4) is 0 Å². The number of para-hydroxylation sites is 1. The summed E-state index contributed by atoms with van der Waals surface area (Å²) in [6.45, 7) is 7.29. The fourth-order valence-corrected chi connectivity index (χ4v) is 2.52. The van der Waals surface area contributed by atoms with Crippen LogP contribution in [0.5, 0.6) is 0 Å². The van der Waals surface area contributed by atoms with E-state index in [0.717, 1.165) is 35.5 Å². The number of rotatable bonds is 4. The largest absolute Gasteiger partial charge is 0.369 e. The lowest BCUT2D eigenvalue weighted by Gasteiger charge is -2.19. The lowest BCUT2D eigenvalue weighted by molar-refractivity contribution is 0.549. The summed E-state index contributed by atoms with van der Waals surface area (Å²) in [7, 11) is 0. The zero-order valence-corrected chi connectivity index (χ0v) is 14.0. The molecule has 1 N–H and O–H groups in total. The highest BCUT2D eigenvalue weighted by Crippen LogP contribution is 2.25. The molecule has 0 saturated carbocycles. The second kappa shape index (κ2) is 6.37. The van der Waals surface area contributed by atoms with Crippen LogP contribution in [0.4, 0.5) is 5.82 Å². The van der Waals surface area contributed by atoms with Crippen molar-refractivity contribution in [3.63, 3.8) is 0 Å². The Morgan fingerprint density at radius 2 is 1.57 bits per heavy atom. The predicted molar refractivity (Wildman–Crippen MR) is 96.9 cm³/mol. The van der Waals surface area contributed by atoms with Gasteiger partial charge in [0.1, 0.15) is 11.6 Å². The molecule has 3 aromatic rings. The van der Waals surface area contributed by atoms with Gasteiger partial charge in [0.15, 0.2) is 0 Å². The van der Waals surface area contributed by atoms with Crippen LogP contribution >= 0.6 is 0 Å². The van der Waals surface area contributed by atoms with Gasteiger partial charge in [0.05, 0.1) is 5.52 Å². The van der Waals surface area contributed by atoms with E-state index >= 15 is 0 Å². The van der Waals surface area contributed by atoms with E-state index < -0.39 is 0 Å². The molecule has 0 unspecified atom stereocenters. The van der Waals surface area contributed by atoms with Crippen LogP contribution in [0.15, 0.2) is 54.6 Å². The number of fused-ring (bicyclic) bond motifs is 1. The molecule has 0 bridgehead atoms. The van der Waals surface area contributed by atoms with Crippen molar-refractivity contribution in [1.82, 2.24) is 9.97 Å². The Morgan fingerprint density at radius 1 is 0.870 bits per heavy atom. The van der Waals surface area contributed by atoms with Gasteiger partial charge in [0.25, 0.3) is 0 Å². The van der Waals surface area contributed by atoms with Gasteiger partial charge in [0.2, 0.25) is 0 Å². The molecule has 0 aliphatic heterocycles. The molecule has 0 fully saturated rings. The van der Waals surface area contributed by atoms with E-state index in [9.17, 15) is 0 Å². The fourth-order valence-electron chi connectivity index (χ4n) is 2.52. The van der Waals surface area contributed by atoms with Gasteiger partial charge >= 0.3 is 0 Å². The van der Waals surface area contributed by atoms with E-state index in [4.69, 9.17) is 9.97 Å². The zero-order chi connectivity index (χ0) is 16.3. The first-order valence-corrected chi connectivity index (χ1v) is 8.09. The van der Waals surface area contributed by atoms with Crippen molar-refractivity contribution < 1.29 is 0 Å². The fraction of sp³-hybridized carbons (Fsp3) is 0.300. The van der Waals surface area contributed by atoms with Crippen LogP contribution < -0.4 is 5.32 Å². The van der Waals surface area contributed by atoms with Crippen LogP contribution in [0.2, 0.25) is 0 Å². The van der Waals surface area contributed by atoms with Crippen molar-refractivity contribution >= 4 is 16.7 Å². The van der Waals surface area contributed by atoms with Gasteiger partial charge in [-0.25, -0.2) is 9.97 Å². The molecule has 2 aromatic carbocycles. The van der Waals surface area contributed by atoms with Gasteiger partial charge in [-0.1, -0.05) is 63.2 Å². The summed E-state index contributed by atoms with van der Waals surface area (Å²) in [5.74, 6) is 1.80. The monoisotopic (exact) mass is 305 g/mol. The molecule has 1 heterocycles. The quantitative estimate of drug-likeness (QED) is 0.766. The molecule has 0 radical (unpaired) electrons. The smallest absolute Gasteiger partial charge is 0.137 e. The highest BCUT2D eigenvalue weighted by molar-refractivity contribution is 5.89. The number of nitrogens with zero attached hydrogens (tertiary/aromatic N) is 2. The van der Waals surface area contributed by atoms with Gasteiger partial charge in [-0.05, 0) is 24.1 Å².